The Morgan fingerprint density at radius 3 is 0.611 bits per heavy atom. The number of hydrogen-bond donors (Lipinski definition) is 5. The maximum absolute atomic E-state index is 9.00. The van der Waals surface area contributed by atoms with Crippen molar-refractivity contribution in [3.63, 3.8) is 0 Å². The highest BCUT2D eigenvalue weighted by molar-refractivity contribution is 5.63. The van der Waals surface area contributed by atoms with Crippen LogP contribution in [0.2, 0.25) is 0 Å². The van der Waals surface area contributed by atoms with Gasteiger partial charge in [-0.3, -0.25) is 19.2 Å². The number of rotatable bonds is 0. The van der Waals surface area contributed by atoms with Crippen LogP contribution in [0.15, 0.2) is 0 Å². The molecule has 0 bridgehead atoms. The van der Waals surface area contributed by atoms with Crippen LogP contribution < -0.4 is 0 Å². The molecular formula is C9H19NO8. The standard InChI is InChI=1S/4C2H4O2.CH3N/c4*1-2(3)4;1-2/h4*1H3,(H,3,4);2H,1H2. The van der Waals surface area contributed by atoms with Crippen LogP contribution >= 0.6 is 0 Å². The van der Waals surface area contributed by atoms with Crippen LogP contribution in [0, 0.1) is 5.41 Å². The number of aliphatic carboxylic acids is 4. The molecule has 0 rings (SSSR count). The first kappa shape index (κ1) is 29.6. The highest BCUT2D eigenvalue weighted by Crippen LogP contribution is 1.43. The molecule has 9 heteroatoms. The summed E-state index contributed by atoms with van der Waals surface area (Å²) in [7, 11) is 0. The molecule has 0 aromatic rings. The van der Waals surface area contributed by atoms with Gasteiger partial charge in [0, 0.05) is 27.7 Å². The van der Waals surface area contributed by atoms with Crippen molar-refractivity contribution < 1.29 is 39.6 Å². The van der Waals surface area contributed by atoms with Gasteiger partial charge in [-0.25, -0.2) is 0 Å². The fourth-order valence-corrected chi connectivity index (χ4v) is 0. The highest BCUT2D eigenvalue weighted by Gasteiger charge is 1.66. The molecule has 0 saturated heterocycles. The van der Waals surface area contributed by atoms with Gasteiger partial charge in [-0.1, -0.05) is 0 Å². The molecule has 18 heavy (non-hydrogen) atoms. The second-order valence-electron chi connectivity index (χ2n) is 2.08. The lowest BCUT2D eigenvalue weighted by Gasteiger charge is -1.59. The number of nitrogens with one attached hydrogen (secondary N) is 1. The van der Waals surface area contributed by atoms with Crippen molar-refractivity contribution in [2.75, 3.05) is 0 Å². The van der Waals surface area contributed by atoms with E-state index in [1.807, 2.05) is 0 Å². The average molecular weight is 269 g/mol. The fourth-order valence-electron chi connectivity index (χ4n) is 0. The summed E-state index contributed by atoms with van der Waals surface area (Å²) in [5, 5.41) is 35.2. The Morgan fingerprint density at radius 1 is 0.611 bits per heavy atom. The molecule has 0 aliphatic rings. The minimum absolute atomic E-state index is 0.833. The molecule has 0 radical (unpaired) electrons. The van der Waals surface area contributed by atoms with E-state index in [9.17, 15) is 0 Å². The third-order valence-corrected chi connectivity index (χ3v) is 0. The summed E-state index contributed by atoms with van der Waals surface area (Å²) < 4.78 is 0. The van der Waals surface area contributed by atoms with E-state index in [2.05, 4.69) is 6.72 Å². The minimum atomic E-state index is -0.833. The third kappa shape index (κ3) is 356. The van der Waals surface area contributed by atoms with Crippen molar-refractivity contribution in [1.29, 1.82) is 5.41 Å². The van der Waals surface area contributed by atoms with Crippen molar-refractivity contribution in [3.05, 3.63) is 0 Å². The Hall–Kier alpha value is -2.45. The molecule has 9 nitrogen and oxygen atoms in total. The molecule has 5 N–H and O–H groups in total. The molecule has 0 atom stereocenters. The minimum Gasteiger partial charge on any atom is -0.481 e. The van der Waals surface area contributed by atoms with Gasteiger partial charge in [0.1, 0.15) is 0 Å². The normalized spacial score (nSPS) is 5.78. The highest BCUT2D eigenvalue weighted by atomic mass is 16.4. The van der Waals surface area contributed by atoms with Crippen LogP contribution in [0.3, 0.4) is 0 Å². The van der Waals surface area contributed by atoms with Gasteiger partial charge in [-0.15, -0.1) is 0 Å². The topological polar surface area (TPSA) is 173 Å². The fraction of sp³-hybridized carbons (Fsp3) is 0.444. The predicted octanol–water partition coefficient (Wildman–Crippen LogP) is 0.629. The molecule has 0 heterocycles. The van der Waals surface area contributed by atoms with Gasteiger partial charge in [0.25, 0.3) is 23.9 Å². The number of hydrogen-bond acceptors (Lipinski definition) is 5. The van der Waals surface area contributed by atoms with Gasteiger partial charge in [-0.2, -0.15) is 0 Å². The van der Waals surface area contributed by atoms with E-state index in [-0.39, 0.29) is 0 Å². The Kier molecular flexibility index (Phi) is 48.1. The molecule has 0 amide bonds. The van der Waals surface area contributed by atoms with Gasteiger partial charge in [0.2, 0.25) is 0 Å². The van der Waals surface area contributed by atoms with E-state index < -0.39 is 23.9 Å². The maximum Gasteiger partial charge on any atom is 0.300 e. The first-order valence-electron chi connectivity index (χ1n) is 4.06. The lowest BCUT2D eigenvalue weighted by Crippen LogP contribution is -1.78. The Labute approximate surface area is 104 Å². The zero-order chi connectivity index (χ0) is 16.3. The molecule has 0 aromatic heterocycles. The first-order valence-corrected chi connectivity index (χ1v) is 4.06. The largest absolute Gasteiger partial charge is 0.481 e. The van der Waals surface area contributed by atoms with Gasteiger partial charge in [0.15, 0.2) is 0 Å². The maximum atomic E-state index is 9.00. The van der Waals surface area contributed by atoms with Gasteiger partial charge in [0.05, 0.1) is 0 Å². The van der Waals surface area contributed by atoms with E-state index >= 15 is 0 Å². The second-order valence-corrected chi connectivity index (χ2v) is 2.08. The van der Waals surface area contributed by atoms with E-state index in [0.717, 1.165) is 27.7 Å². The van der Waals surface area contributed by atoms with Crippen molar-refractivity contribution in [2.45, 2.75) is 27.7 Å². The molecule has 0 spiro atoms. The Balaban J connectivity index is -0.0000000399. The van der Waals surface area contributed by atoms with Gasteiger partial charge >= 0.3 is 0 Å². The van der Waals surface area contributed by atoms with Crippen molar-refractivity contribution in [1.82, 2.24) is 0 Å². The lowest BCUT2D eigenvalue weighted by atomic mass is 10.9. The quantitative estimate of drug-likeness (QED) is 0.398. The van der Waals surface area contributed by atoms with E-state index in [1.54, 1.807) is 0 Å². The first-order chi connectivity index (χ1) is 7.93. The molecular weight excluding hydrogens is 250 g/mol. The van der Waals surface area contributed by atoms with Crippen LogP contribution in [0.4, 0.5) is 0 Å². The summed E-state index contributed by atoms with van der Waals surface area (Å²) in [4.78, 5) is 36.0. The summed E-state index contributed by atoms with van der Waals surface area (Å²) in [5.41, 5.74) is 0. The molecule has 0 unspecified atom stereocenters. The molecule has 0 aliphatic heterocycles. The van der Waals surface area contributed by atoms with Crippen LogP contribution in [0.5, 0.6) is 0 Å². The lowest BCUT2D eigenvalue weighted by molar-refractivity contribution is -0.135. The molecule has 0 saturated carbocycles. The zero-order valence-electron chi connectivity index (χ0n) is 10.6. The van der Waals surface area contributed by atoms with Crippen LogP contribution in [0.1, 0.15) is 27.7 Å². The van der Waals surface area contributed by atoms with Crippen LogP contribution in [0.25, 0.3) is 0 Å². The SMILES string of the molecule is C=N.CC(=O)O.CC(=O)O.CC(=O)O.CC(=O)O. The monoisotopic (exact) mass is 269 g/mol. The van der Waals surface area contributed by atoms with Crippen LogP contribution in [-0.4, -0.2) is 51.0 Å². The Bertz CT molecular complexity index is 175. The molecule has 0 fully saturated rings. The van der Waals surface area contributed by atoms with Crippen molar-refractivity contribution in [2.24, 2.45) is 0 Å². The molecule has 0 aromatic carbocycles. The van der Waals surface area contributed by atoms with E-state index in [0.29, 0.717) is 0 Å². The zero-order valence-corrected chi connectivity index (χ0v) is 10.6. The summed E-state index contributed by atoms with van der Waals surface area (Å²) in [6, 6.07) is 0. The van der Waals surface area contributed by atoms with E-state index in [4.69, 9.17) is 45.0 Å². The van der Waals surface area contributed by atoms with Gasteiger partial charge in [-0.05, 0) is 6.72 Å². The molecule has 0 aliphatic carbocycles. The summed E-state index contributed by atoms with van der Waals surface area (Å²) in [5.74, 6) is -3.33. The van der Waals surface area contributed by atoms with Crippen molar-refractivity contribution >= 4 is 30.6 Å². The number of carbonyl (C=O) groups is 4. The Morgan fingerprint density at radius 2 is 0.611 bits per heavy atom. The summed E-state index contributed by atoms with van der Waals surface area (Å²) >= 11 is 0. The predicted molar refractivity (Wildman–Crippen MR) is 63.1 cm³/mol. The second kappa shape index (κ2) is 29.3. The van der Waals surface area contributed by atoms with Crippen LogP contribution in [-0.2, 0) is 19.2 Å². The third-order valence-electron chi connectivity index (χ3n) is 0. The smallest absolute Gasteiger partial charge is 0.300 e. The molecule has 108 valence electrons. The number of carboxylic acid groups (broad SMARTS) is 4. The van der Waals surface area contributed by atoms with Crippen molar-refractivity contribution in [3.8, 4) is 0 Å². The van der Waals surface area contributed by atoms with E-state index in [1.165, 1.54) is 0 Å². The number of carboxylic acids is 4. The summed E-state index contributed by atoms with van der Waals surface area (Å²) in [6.07, 6.45) is 0. The summed E-state index contributed by atoms with van der Waals surface area (Å²) in [6.45, 7) is 6.83. The van der Waals surface area contributed by atoms with Gasteiger partial charge < -0.3 is 25.8 Å². The average Bonchev–Trinajstić information content (AvgIpc) is 2.01.